The van der Waals surface area contributed by atoms with Crippen LogP contribution in [-0.2, 0) is 6.18 Å². The van der Waals surface area contributed by atoms with Crippen LogP contribution in [-0.4, -0.2) is 45.8 Å². The number of rotatable bonds is 4. The molecule has 1 fully saturated rings. The number of anilines is 1. The third kappa shape index (κ3) is 4.73. The first-order valence-corrected chi connectivity index (χ1v) is 9.34. The van der Waals surface area contributed by atoms with Gasteiger partial charge < -0.3 is 10.2 Å². The highest BCUT2D eigenvalue weighted by molar-refractivity contribution is 14.1. The third-order valence-electron chi connectivity index (χ3n) is 4.40. The molecule has 2 aromatic rings. The Kier molecular flexibility index (Phi) is 5.92. The number of benzene rings is 1. The van der Waals surface area contributed by atoms with Crippen LogP contribution in [0.15, 0.2) is 30.6 Å². The predicted octanol–water partition coefficient (Wildman–Crippen LogP) is 4.20. The Morgan fingerprint density at radius 2 is 1.93 bits per heavy atom. The number of hydrogen-bond donors (Lipinski definition) is 1. The topological polar surface area (TPSA) is 58.1 Å². The lowest BCUT2D eigenvalue weighted by Gasteiger charge is -2.28. The number of halogens is 7. The summed E-state index contributed by atoms with van der Waals surface area (Å²) in [6.45, 7) is -0.741. The molecule has 1 aromatic carbocycles. The van der Waals surface area contributed by atoms with Crippen molar-refractivity contribution in [1.29, 1.82) is 0 Å². The highest BCUT2D eigenvalue weighted by Crippen LogP contribution is 2.35. The minimum Gasteiger partial charge on any atom is -0.352 e. The van der Waals surface area contributed by atoms with Gasteiger partial charge in [-0.3, -0.25) is 4.79 Å². The molecule has 12 heteroatoms. The van der Waals surface area contributed by atoms with Crippen molar-refractivity contribution >= 4 is 34.4 Å². The Hall–Kier alpha value is -2.12. The Morgan fingerprint density at radius 3 is 2.55 bits per heavy atom. The molecule has 156 valence electrons. The monoisotopic (exact) mass is 530 g/mol. The lowest BCUT2D eigenvalue weighted by Crippen LogP contribution is -2.47. The second kappa shape index (κ2) is 7.95. The van der Waals surface area contributed by atoms with E-state index in [1.54, 1.807) is 22.6 Å². The van der Waals surface area contributed by atoms with E-state index in [1.807, 2.05) is 0 Å². The summed E-state index contributed by atoms with van der Waals surface area (Å²) in [5.41, 5.74) is -1.12. The molecule has 1 aliphatic heterocycles. The predicted molar refractivity (Wildman–Crippen MR) is 99.0 cm³/mol. The number of carbonyl (C=O) groups is 1. The second-order valence-corrected chi connectivity index (χ2v) is 7.49. The molecule has 29 heavy (non-hydrogen) atoms. The SMILES string of the molecule is O=C(c1cc(F)ccc1I)N1CCC(F)(F)C1CNc1ncc(C(F)(F)F)cn1. The minimum atomic E-state index is -4.62. The fourth-order valence-corrected chi connectivity index (χ4v) is 3.46. The van der Waals surface area contributed by atoms with E-state index >= 15 is 0 Å². The van der Waals surface area contributed by atoms with Gasteiger partial charge in [-0.25, -0.2) is 23.1 Å². The maximum atomic E-state index is 14.3. The summed E-state index contributed by atoms with van der Waals surface area (Å²) in [6.07, 6.45) is -4.16. The molecule has 0 radical (unpaired) electrons. The van der Waals surface area contributed by atoms with E-state index in [0.29, 0.717) is 16.0 Å². The van der Waals surface area contributed by atoms with Gasteiger partial charge in [0.1, 0.15) is 11.9 Å². The molecule has 0 saturated carbocycles. The number of nitrogens with zero attached hydrogens (tertiary/aromatic N) is 3. The zero-order valence-electron chi connectivity index (χ0n) is 14.5. The average molecular weight is 530 g/mol. The Labute approximate surface area is 174 Å². The molecule has 1 aliphatic rings. The first kappa shape index (κ1) is 21.6. The van der Waals surface area contributed by atoms with Gasteiger partial charge in [-0.05, 0) is 40.8 Å². The van der Waals surface area contributed by atoms with Gasteiger partial charge in [-0.2, -0.15) is 13.2 Å². The highest BCUT2D eigenvalue weighted by Gasteiger charge is 2.50. The summed E-state index contributed by atoms with van der Waals surface area (Å²) in [6, 6.07) is 1.89. The lowest BCUT2D eigenvalue weighted by atomic mass is 10.1. The van der Waals surface area contributed by atoms with Crippen molar-refractivity contribution in [3.8, 4) is 0 Å². The summed E-state index contributed by atoms with van der Waals surface area (Å²) in [4.78, 5) is 20.6. The molecule has 0 aliphatic carbocycles. The van der Waals surface area contributed by atoms with Crippen molar-refractivity contribution < 1.29 is 31.1 Å². The number of likely N-dealkylation sites (tertiary alicyclic amines) is 1. The Bertz CT molecular complexity index is 906. The minimum absolute atomic E-state index is 0.0425. The van der Waals surface area contributed by atoms with Gasteiger partial charge in [0.05, 0.1) is 11.1 Å². The van der Waals surface area contributed by atoms with Gasteiger partial charge in [0.25, 0.3) is 11.8 Å². The van der Waals surface area contributed by atoms with Crippen molar-refractivity contribution in [2.24, 2.45) is 0 Å². The molecule has 1 amide bonds. The first-order chi connectivity index (χ1) is 13.5. The van der Waals surface area contributed by atoms with Crippen LogP contribution >= 0.6 is 22.6 Å². The molecule has 2 heterocycles. The second-order valence-electron chi connectivity index (χ2n) is 6.32. The van der Waals surface area contributed by atoms with E-state index in [-0.39, 0.29) is 18.1 Å². The molecule has 0 bridgehead atoms. The van der Waals surface area contributed by atoms with Crippen LogP contribution in [0.5, 0.6) is 0 Å². The zero-order valence-corrected chi connectivity index (χ0v) is 16.6. The molecular formula is C17H13F6IN4O. The van der Waals surface area contributed by atoms with Crippen LogP contribution in [0, 0.1) is 9.39 Å². The van der Waals surface area contributed by atoms with Crippen LogP contribution < -0.4 is 5.32 Å². The average Bonchev–Trinajstić information content (AvgIpc) is 2.95. The summed E-state index contributed by atoms with van der Waals surface area (Å²) in [7, 11) is 0. The quantitative estimate of drug-likeness (QED) is 0.476. The van der Waals surface area contributed by atoms with Gasteiger partial charge in [0.15, 0.2) is 0 Å². The Balaban J connectivity index is 1.77. The van der Waals surface area contributed by atoms with Crippen molar-refractivity contribution in [3.05, 3.63) is 51.1 Å². The number of alkyl halides is 5. The molecule has 3 rings (SSSR count). The van der Waals surface area contributed by atoms with Crippen LogP contribution in [0.25, 0.3) is 0 Å². The van der Waals surface area contributed by atoms with Gasteiger partial charge >= 0.3 is 6.18 Å². The van der Waals surface area contributed by atoms with E-state index in [1.165, 1.54) is 6.07 Å². The number of nitrogens with one attached hydrogen (secondary N) is 1. The van der Waals surface area contributed by atoms with Crippen molar-refractivity contribution in [2.75, 3.05) is 18.4 Å². The number of hydrogen-bond acceptors (Lipinski definition) is 4. The summed E-state index contributed by atoms with van der Waals surface area (Å²) in [5, 5.41) is 2.44. The molecule has 5 nitrogen and oxygen atoms in total. The number of carbonyl (C=O) groups excluding carboxylic acids is 1. The maximum absolute atomic E-state index is 14.3. The molecule has 1 aromatic heterocycles. The van der Waals surface area contributed by atoms with Crippen LogP contribution in [0.2, 0.25) is 0 Å². The van der Waals surface area contributed by atoms with Crippen molar-refractivity contribution in [2.45, 2.75) is 24.6 Å². The van der Waals surface area contributed by atoms with Gasteiger partial charge in [-0.1, -0.05) is 0 Å². The van der Waals surface area contributed by atoms with Crippen molar-refractivity contribution in [1.82, 2.24) is 14.9 Å². The molecule has 1 N–H and O–H groups in total. The van der Waals surface area contributed by atoms with E-state index in [0.717, 1.165) is 17.0 Å². The van der Waals surface area contributed by atoms with E-state index < -0.39 is 48.4 Å². The summed E-state index contributed by atoms with van der Waals surface area (Å²) < 4.78 is 80.2. The largest absolute Gasteiger partial charge is 0.419 e. The maximum Gasteiger partial charge on any atom is 0.419 e. The molecule has 0 spiro atoms. The van der Waals surface area contributed by atoms with Crippen LogP contribution in [0.4, 0.5) is 32.3 Å². The standard InChI is InChI=1S/C17H13F6IN4O/c18-10-1-2-12(24)11(5-10)14(29)28-4-3-16(19,20)13(28)8-27-15-25-6-9(7-26-15)17(21,22)23/h1-2,5-7,13H,3-4,8H2,(H,25,26,27). The molecule has 1 atom stereocenters. The van der Waals surface area contributed by atoms with Crippen molar-refractivity contribution in [3.63, 3.8) is 0 Å². The van der Waals surface area contributed by atoms with E-state index in [9.17, 15) is 31.1 Å². The normalized spacial score (nSPS) is 18.7. The fourth-order valence-electron chi connectivity index (χ4n) is 2.89. The number of aromatic nitrogens is 2. The lowest BCUT2D eigenvalue weighted by molar-refractivity contribution is -0.138. The smallest absolute Gasteiger partial charge is 0.352 e. The summed E-state index contributed by atoms with van der Waals surface area (Å²) >= 11 is 1.81. The van der Waals surface area contributed by atoms with E-state index in [4.69, 9.17) is 0 Å². The van der Waals surface area contributed by atoms with E-state index in [2.05, 4.69) is 15.3 Å². The Morgan fingerprint density at radius 1 is 1.28 bits per heavy atom. The fraction of sp³-hybridized carbons (Fsp3) is 0.353. The first-order valence-electron chi connectivity index (χ1n) is 8.26. The highest BCUT2D eigenvalue weighted by atomic mass is 127. The van der Waals surface area contributed by atoms with Gasteiger partial charge in [-0.15, -0.1) is 0 Å². The number of amides is 1. The zero-order chi connectivity index (χ0) is 21.4. The molecular weight excluding hydrogens is 517 g/mol. The van der Waals surface area contributed by atoms with Crippen LogP contribution in [0.1, 0.15) is 22.3 Å². The summed E-state index contributed by atoms with van der Waals surface area (Å²) in [5.74, 6) is -4.96. The van der Waals surface area contributed by atoms with Gasteiger partial charge in [0, 0.05) is 35.5 Å². The van der Waals surface area contributed by atoms with Gasteiger partial charge in [0.2, 0.25) is 5.95 Å². The third-order valence-corrected chi connectivity index (χ3v) is 5.34. The molecule has 1 unspecified atom stereocenters. The van der Waals surface area contributed by atoms with Crippen LogP contribution in [0.3, 0.4) is 0 Å². The molecule has 1 saturated heterocycles.